The quantitative estimate of drug-likeness (QED) is 0.645. The lowest BCUT2D eigenvalue weighted by molar-refractivity contribution is 0.104. The molecule has 0 aromatic heterocycles. The molecule has 0 amide bonds. The summed E-state index contributed by atoms with van der Waals surface area (Å²) in [5, 5.41) is 3.74. The Hall–Kier alpha value is -1.28. The number of carbonyl (C=O) groups is 1. The van der Waals surface area contributed by atoms with Crippen molar-refractivity contribution in [2.45, 2.75) is 26.3 Å². The molecule has 0 saturated carbocycles. The third-order valence-electron chi connectivity index (χ3n) is 1.88. The van der Waals surface area contributed by atoms with Gasteiger partial charge in [-0.3, -0.25) is 4.79 Å². The lowest BCUT2D eigenvalue weighted by Gasteiger charge is -2.18. The van der Waals surface area contributed by atoms with Gasteiger partial charge in [0.05, 0.1) is 0 Å². The lowest BCUT2D eigenvalue weighted by Crippen LogP contribution is -2.31. The first kappa shape index (κ1) is 12.8. The van der Waals surface area contributed by atoms with Crippen LogP contribution in [0.1, 0.15) is 31.1 Å². The van der Waals surface area contributed by atoms with Crippen molar-refractivity contribution in [2.75, 3.05) is 0 Å². The SMILES string of the molecule is CC(C)(C)N/C=C/C(=O)c1ccc(Cl)cc1. The summed E-state index contributed by atoms with van der Waals surface area (Å²) in [5.41, 5.74) is 0.605. The van der Waals surface area contributed by atoms with E-state index in [0.29, 0.717) is 10.6 Å². The van der Waals surface area contributed by atoms with Gasteiger partial charge < -0.3 is 5.32 Å². The monoisotopic (exact) mass is 237 g/mol. The highest BCUT2D eigenvalue weighted by Gasteiger charge is 2.06. The predicted octanol–water partition coefficient (Wildman–Crippen LogP) is 3.42. The maximum absolute atomic E-state index is 11.7. The van der Waals surface area contributed by atoms with Gasteiger partial charge in [-0.05, 0) is 45.0 Å². The zero-order valence-corrected chi connectivity index (χ0v) is 10.5. The summed E-state index contributed by atoms with van der Waals surface area (Å²) in [6.07, 6.45) is 3.20. The molecule has 2 nitrogen and oxygen atoms in total. The molecule has 1 rings (SSSR count). The van der Waals surface area contributed by atoms with Crippen molar-refractivity contribution in [3.05, 3.63) is 47.1 Å². The van der Waals surface area contributed by atoms with E-state index in [1.807, 2.05) is 20.8 Å². The lowest BCUT2D eigenvalue weighted by atomic mass is 10.1. The Morgan fingerprint density at radius 1 is 1.25 bits per heavy atom. The average Bonchev–Trinajstić information content (AvgIpc) is 2.16. The zero-order valence-electron chi connectivity index (χ0n) is 9.75. The van der Waals surface area contributed by atoms with E-state index in [4.69, 9.17) is 11.6 Å². The Labute approximate surface area is 101 Å². The zero-order chi connectivity index (χ0) is 12.2. The molecule has 1 N–H and O–H groups in total. The molecule has 0 radical (unpaired) electrons. The fraction of sp³-hybridized carbons (Fsp3) is 0.308. The van der Waals surface area contributed by atoms with Gasteiger partial charge in [0.25, 0.3) is 0 Å². The van der Waals surface area contributed by atoms with Gasteiger partial charge in [-0.2, -0.15) is 0 Å². The summed E-state index contributed by atoms with van der Waals surface area (Å²) in [6, 6.07) is 6.85. The maximum atomic E-state index is 11.7. The summed E-state index contributed by atoms with van der Waals surface area (Å²) >= 11 is 5.74. The molecule has 0 bridgehead atoms. The summed E-state index contributed by atoms with van der Waals surface area (Å²) in [6.45, 7) is 6.10. The number of hydrogen-bond donors (Lipinski definition) is 1. The van der Waals surface area contributed by atoms with Gasteiger partial charge in [0.1, 0.15) is 0 Å². The molecule has 0 atom stereocenters. The van der Waals surface area contributed by atoms with Crippen LogP contribution < -0.4 is 5.32 Å². The molecule has 1 aromatic carbocycles. The first-order valence-corrected chi connectivity index (χ1v) is 5.50. The molecule has 0 aliphatic heterocycles. The van der Waals surface area contributed by atoms with Gasteiger partial charge in [-0.25, -0.2) is 0 Å². The number of halogens is 1. The smallest absolute Gasteiger partial charge is 0.187 e. The van der Waals surface area contributed by atoms with Crippen LogP contribution in [0.25, 0.3) is 0 Å². The maximum Gasteiger partial charge on any atom is 0.187 e. The van der Waals surface area contributed by atoms with Gasteiger partial charge >= 0.3 is 0 Å². The van der Waals surface area contributed by atoms with Crippen LogP contribution in [0.3, 0.4) is 0 Å². The van der Waals surface area contributed by atoms with E-state index < -0.39 is 0 Å². The minimum Gasteiger partial charge on any atom is -0.386 e. The van der Waals surface area contributed by atoms with Crippen LogP contribution in [-0.2, 0) is 0 Å². The largest absolute Gasteiger partial charge is 0.386 e. The first-order valence-electron chi connectivity index (χ1n) is 5.13. The van der Waals surface area contributed by atoms with Crippen LogP contribution in [0.2, 0.25) is 5.02 Å². The van der Waals surface area contributed by atoms with Crippen molar-refractivity contribution in [1.82, 2.24) is 5.32 Å². The third-order valence-corrected chi connectivity index (χ3v) is 2.13. The molecule has 0 fully saturated rings. The highest BCUT2D eigenvalue weighted by molar-refractivity contribution is 6.30. The normalized spacial score (nSPS) is 11.8. The van der Waals surface area contributed by atoms with Crippen molar-refractivity contribution >= 4 is 17.4 Å². The number of rotatable bonds is 3. The fourth-order valence-electron chi connectivity index (χ4n) is 1.08. The van der Waals surface area contributed by atoms with Crippen molar-refractivity contribution in [2.24, 2.45) is 0 Å². The second-order valence-corrected chi connectivity index (χ2v) is 5.04. The van der Waals surface area contributed by atoms with Crippen LogP contribution in [-0.4, -0.2) is 11.3 Å². The van der Waals surface area contributed by atoms with E-state index in [0.717, 1.165) is 0 Å². The van der Waals surface area contributed by atoms with Crippen LogP contribution in [0.4, 0.5) is 0 Å². The molecule has 86 valence electrons. The minimum absolute atomic E-state index is 0.0310. The van der Waals surface area contributed by atoms with E-state index in [1.165, 1.54) is 6.08 Å². The molecule has 0 spiro atoms. The summed E-state index contributed by atoms with van der Waals surface area (Å²) in [4.78, 5) is 11.7. The molecule has 1 aromatic rings. The molecule has 0 unspecified atom stereocenters. The van der Waals surface area contributed by atoms with E-state index >= 15 is 0 Å². The average molecular weight is 238 g/mol. The Kier molecular flexibility index (Phi) is 4.13. The van der Waals surface area contributed by atoms with Crippen LogP contribution in [0.15, 0.2) is 36.5 Å². The second-order valence-electron chi connectivity index (χ2n) is 4.60. The minimum atomic E-state index is -0.0339. The van der Waals surface area contributed by atoms with E-state index in [9.17, 15) is 4.79 Å². The fourth-order valence-corrected chi connectivity index (χ4v) is 1.20. The number of nitrogens with one attached hydrogen (secondary N) is 1. The third kappa shape index (κ3) is 4.49. The number of benzene rings is 1. The number of ketones is 1. The molecule has 0 aliphatic carbocycles. The van der Waals surface area contributed by atoms with Crippen LogP contribution >= 0.6 is 11.6 Å². The van der Waals surface area contributed by atoms with E-state index in [-0.39, 0.29) is 11.3 Å². The van der Waals surface area contributed by atoms with Gasteiger partial charge in [0, 0.05) is 28.4 Å². The van der Waals surface area contributed by atoms with Gasteiger partial charge in [-0.1, -0.05) is 11.6 Å². The number of hydrogen-bond acceptors (Lipinski definition) is 2. The molecular formula is C13H16ClNO. The van der Waals surface area contributed by atoms with E-state index in [1.54, 1.807) is 30.5 Å². The van der Waals surface area contributed by atoms with Crippen LogP contribution in [0.5, 0.6) is 0 Å². The molecule has 16 heavy (non-hydrogen) atoms. The highest BCUT2D eigenvalue weighted by atomic mass is 35.5. The van der Waals surface area contributed by atoms with Gasteiger partial charge in [-0.15, -0.1) is 0 Å². The highest BCUT2D eigenvalue weighted by Crippen LogP contribution is 2.10. The molecule has 3 heteroatoms. The van der Waals surface area contributed by atoms with E-state index in [2.05, 4.69) is 5.32 Å². The summed E-state index contributed by atoms with van der Waals surface area (Å²) in [5.74, 6) is -0.0339. The standard InChI is InChI=1S/C13H16ClNO/c1-13(2,3)15-9-8-12(16)10-4-6-11(14)7-5-10/h4-9,15H,1-3H3/b9-8+. The topological polar surface area (TPSA) is 29.1 Å². The Morgan fingerprint density at radius 2 is 1.81 bits per heavy atom. The molecular weight excluding hydrogens is 222 g/mol. The number of allylic oxidation sites excluding steroid dienone is 1. The Morgan fingerprint density at radius 3 is 2.31 bits per heavy atom. The molecule has 0 saturated heterocycles. The molecule has 0 aliphatic rings. The van der Waals surface area contributed by atoms with Crippen LogP contribution in [0, 0.1) is 0 Å². The Balaban J connectivity index is 2.62. The predicted molar refractivity (Wildman–Crippen MR) is 67.8 cm³/mol. The van der Waals surface area contributed by atoms with Gasteiger partial charge in [0.15, 0.2) is 5.78 Å². The summed E-state index contributed by atoms with van der Waals surface area (Å²) < 4.78 is 0. The first-order chi connectivity index (χ1) is 7.38. The summed E-state index contributed by atoms with van der Waals surface area (Å²) in [7, 11) is 0. The van der Waals surface area contributed by atoms with Crippen molar-refractivity contribution in [3.8, 4) is 0 Å². The van der Waals surface area contributed by atoms with Crippen molar-refractivity contribution in [3.63, 3.8) is 0 Å². The Bertz CT molecular complexity index is 387. The second kappa shape index (κ2) is 5.17. The van der Waals surface area contributed by atoms with Gasteiger partial charge in [0.2, 0.25) is 0 Å². The van der Waals surface area contributed by atoms with Crippen molar-refractivity contribution in [1.29, 1.82) is 0 Å². The van der Waals surface area contributed by atoms with Crippen molar-refractivity contribution < 1.29 is 4.79 Å². The number of carbonyl (C=O) groups excluding carboxylic acids is 1. The molecule has 0 heterocycles.